The molecule has 2 nitrogen and oxygen atoms in total. The summed E-state index contributed by atoms with van der Waals surface area (Å²) in [4.78, 5) is 14.1. The number of hydrogen-bond donors (Lipinski definition) is 1. The van der Waals surface area contributed by atoms with Crippen molar-refractivity contribution in [3.8, 4) is 0 Å². The van der Waals surface area contributed by atoms with Gasteiger partial charge >= 0.3 is 0 Å². The van der Waals surface area contributed by atoms with Crippen molar-refractivity contribution in [1.82, 2.24) is 5.32 Å². The van der Waals surface area contributed by atoms with E-state index < -0.39 is 11.6 Å². The Morgan fingerprint density at radius 2 is 1.81 bits per heavy atom. The molecule has 1 aliphatic carbocycles. The largest absolute Gasteiger partial charge is 0.347 e. The van der Waals surface area contributed by atoms with Gasteiger partial charge in [-0.15, -0.1) is 11.3 Å². The van der Waals surface area contributed by atoms with Crippen LogP contribution < -0.4 is 5.32 Å². The molecule has 0 saturated heterocycles. The van der Waals surface area contributed by atoms with E-state index in [0.29, 0.717) is 10.4 Å². The molecule has 1 amide bonds. The lowest BCUT2D eigenvalue weighted by Crippen LogP contribution is -2.21. The number of benzene rings is 1. The molecule has 21 heavy (non-hydrogen) atoms. The van der Waals surface area contributed by atoms with Crippen molar-refractivity contribution < 1.29 is 13.6 Å². The number of carbonyl (C=O) groups excluding carboxylic acids is 1. The standard InChI is InChI=1S/C16H15F2NOS/c17-12-5-10(6-13(18)8-12)9-19-16(20)15-7-11-3-1-2-4-14(11)21-15/h5-8H,1-4,9H2,(H,19,20). The van der Waals surface area contributed by atoms with Crippen LogP contribution in [0, 0.1) is 11.6 Å². The van der Waals surface area contributed by atoms with E-state index in [2.05, 4.69) is 5.32 Å². The molecule has 1 aromatic heterocycles. The number of amides is 1. The summed E-state index contributed by atoms with van der Waals surface area (Å²) in [5, 5.41) is 2.72. The van der Waals surface area contributed by atoms with Gasteiger partial charge in [0.1, 0.15) is 11.6 Å². The van der Waals surface area contributed by atoms with Gasteiger partial charge in [-0.1, -0.05) is 0 Å². The lowest BCUT2D eigenvalue weighted by atomic mass is 9.99. The molecule has 1 heterocycles. The number of aryl methyl sites for hydroxylation is 2. The molecule has 110 valence electrons. The molecule has 3 rings (SSSR count). The van der Waals surface area contributed by atoms with Crippen LogP contribution in [0.3, 0.4) is 0 Å². The third-order valence-corrected chi connectivity index (χ3v) is 4.83. The van der Waals surface area contributed by atoms with Crippen molar-refractivity contribution in [1.29, 1.82) is 0 Å². The first-order valence-corrected chi connectivity index (χ1v) is 7.78. The fourth-order valence-corrected chi connectivity index (χ4v) is 3.76. The van der Waals surface area contributed by atoms with Gasteiger partial charge < -0.3 is 5.32 Å². The minimum Gasteiger partial charge on any atom is -0.347 e. The molecule has 0 saturated carbocycles. The summed E-state index contributed by atoms with van der Waals surface area (Å²) in [6, 6.07) is 5.21. The van der Waals surface area contributed by atoms with E-state index in [4.69, 9.17) is 0 Å². The number of hydrogen-bond acceptors (Lipinski definition) is 2. The Kier molecular flexibility index (Phi) is 4.01. The number of fused-ring (bicyclic) bond motifs is 1. The van der Waals surface area contributed by atoms with Gasteiger partial charge in [0.25, 0.3) is 5.91 Å². The van der Waals surface area contributed by atoms with E-state index in [1.165, 1.54) is 46.8 Å². The van der Waals surface area contributed by atoms with Gasteiger partial charge in [-0.05, 0) is 55.0 Å². The Hall–Kier alpha value is -1.75. The maximum Gasteiger partial charge on any atom is 0.261 e. The monoisotopic (exact) mass is 307 g/mol. The van der Waals surface area contributed by atoms with Crippen LogP contribution in [0.1, 0.15) is 38.5 Å². The van der Waals surface area contributed by atoms with Gasteiger partial charge in [-0.3, -0.25) is 4.79 Å². The number of rotatable bonds is 3. The van der Waals surface area contributed by atoms with E-state index in [9.17, 15) is 13.6 Å². The minimum absolute atomic E-state index is 0.121. The molecule has 5 heteroatoms. The Labute approximate surface area is 125 Å². The minimum atomic E-state index is -0.633. The van der Waals surface area contributed by atoms with Crippen molar-refractivity contribution in [2.75, 3.05) is 0 Å². The predicted octanol–water partition coefficient (Wildman–Crippen LogP) is 3.84. The fourth-order valence-electron chi connectivity index (χ4n) is 2.59. The predicted molar refractivity (Wildman–Crippen MR) is 78.5 cm³/mol. The molecule has 1 N–H and O–H groups in total. The van der Waals surface area contributed by atoms with Gasteiger partial charge in [0.15, 0.2) is 0 Å². The molecule has 0 fully saturated rings. The highest BCUT2D eigenvalue weighted by Crippen LogP contribution is 2.29. The van der Waals surface area contributed by atoms with Crippen LogP contribution >= 0.6 is 11.3 Å². The van der Waals surface area contributed by atoms with Crippen LogP contribution in [-0.4, -0.2) is 5.91 Å². The highest BCUT2D eigenvalue weighted by Gasteiger charge is 2.17. The average Bonchev–Trinajstić information content (AvgIpc) is 2.87. The zero-order valence-corrected chi connectivity index (χ0v) is 12.2. The number of thiophene rings is 1. The second-order valence-electron chi connectivity index (χ2n) is 5.23. The van der Waals surface area contributed by atoms with Gasteiger partial charge in [-0.2, -0.15) is 0 Å². The molecule has 1 aromatic carbocycles. The van der Waals surface area contributed by atoms with Crippen LogP contribution in [0.25, 0.3) is 0 Å². The van der Waals surface area contributed by atoms with E-state index in [1.54, 1.807) is 0 Å². The number of halogens is 2. The molecule has 0 radical (unpaired) electrons. The van der Waals surface area contributed by atoms with Crippen molar-refractivity contribution in [2.45, 2.75) is 32.2 Å². The second-order valence-corrected chi connectivity index (χ2v) is 6.36. The molecule has 0 unspecified atom stereocenters. The van der Waals surface area contributed by atoms with Crippen molar-refractivity contribution >= 4 is 17.2 Å². The van der Waals surface area contributed by atoms with Crippen LogP contribution in [-0.2, 0) is 19.4 Å². The summed E-state index contributed by atoms with van der Waals surface area (Å²) < 4.78 is 26.2. The molecule has 0 spiro atoms. The van der Waals surface area contributed by atoms with E-state index in [1.807, 2.05) is 6.07 Å². The zero-order valence-electron chi connectivity index (χ0n) is 11.4. The Balaban J connectivity index is 1.67. The summed E-state index contributed by atoms with van der Waals surface area (Å²) in [6.07, 6.45) is 4.43. The van der Waals surface area contributed by atoms with Gasteiger partial charge in [0, 0.05) is 17.5 Å². The van der Waals surface area contributed by atoms with Crippen LogP contribution in [0.15, 0.2) is 24.3 Å². The normalized spacial score (nSPS) is 13.8. The highest BCUT2D eigenvalue weighted by molar-refractivity contribution is 7.14. The highest BCUT2D eigenvalue weighted by atomic mass is 32.1. The molecule has 1 aliphatic rings. The SMILES string of the molecule is O=C(NCc1cc(F)cc(F)c1)c1cc2c(s1)CCCC2. The van der Waals surface area contributed by atoms with E-state index >= 15 is 0 Å². The summed E-state index contributed by atoms with van der Waals surface area (Å²) in [7, 11) is 0. The Morgan fingerprint density at radius 1 is 1.10 bits per heavy atom. The molecule has 0 atom stereocenters. The molecule has 2 aromatic rings. The van der Waals surface area contributed by atoms with Crippen LogP contribution in [0.5, 0.6) is 0 Å². The number of carbonyl (C=O) groups is 1. The topological polar surface area (TPSA) is 29.1 Å². The van der Waals surface area contributed by atoms with Crippen molar-refractivity contribution in [2.24, 2.45) is 0 Å². The first-order chi connectivity index (χ1) is 10.1. The van der Waals surface area contributed by atoms with Gasteiger partial charge in [-0.25, -0.2) is 8.78 Å². The van der Waals surface area contributed by atoms with Crippen molar-refractivity contribution in [3.63, 3.8) is 0 Å². The first-order valence-electron chi connectivity index (χ1n) is 6.96. The van der Waals surface area contributed by atoms with Crippen molar-refractivity contribution in [3.05, 3.63) is 56.8 Å². The maximum absolute atomic E-state index is 13.1. The Bertz CT molecular complexity index is 637. The Morgan fingerprint density at radius 3 is 2.52 bits per heavy atom. The lowest BCUT2D eigenvalue weighted by molar-refractivity contribution is 0.0955. The summed E-state index contributed by atoms with van der Waals surface area (Å²) in [5.74, 6) is -1.45. The lowest BCUT2D eigenvalue weighted by Gasteiger charge is -2.08. The fraction of sp³-hybridized carbons (Fsp3) is 0.312. The smallest absolute Gasteiger partial charge is 0.261 e. The molecular weight excluding hydrogens is 292 g/mol. The molecule has 0 aliphatic heterocycles. The van der Waals surface area contributed by atoms with Gasteiger partial charge in [0.2, 0.25) is 0 Å². The van der Waals surface area contributed by atoms with E-state index in [0.717, 1.165) is 18.9 Å². The third kappa shape index (κ3) is 3.29. The quantitative estimate of drug-likeness (QED) is 0.917. The van der Waals surface area contributed by atoms with E-state index in [-0.39, 0.29) is 12.5 Å². The third-order valence-electron chi connectivity index (χ3n) is 3.60. The molecular formula is C16H15F2NOS. The first kappa shape index (κ1) is 14.2. The average molecular weight is 307 g/mol. The summed E-state index contributed by atoms with van der Waals surface area (Å²) in [6.45, 7) is 0.121. The summed E-state index contributed by atoms with van der Waals surface area (Å²) >= 11 is 1.52. The van der Waals surface area contributed by atoms with Gasteiger partial charge in [0.05, 0.1) is 4.88 Å². The van der Waals surface area contributed by atoms with Crippen LogP contribution in [0.2, 0.25) is 0 Å². The molecule has 0 bridgehead atoms. The number of nitrogens with one attached hydrogen (secondary N) is 1. The second kappa shape index (κ2) is 5.93. The summed E-state index contributed by atoms with van der Waals surface area (Å²) in [5.41, 5.74) is 1.69. The van der Waals surface area contributed by atoms with Crippen LogP contribution in [0.4, 0.5) is 8.78 Å². The zero-order chi connectivity index (χ0) is 14.8. The maximum atomic E-state index is 13.1.